The number of carbonyl (C=O) groups excluding carboxylic acids is 1. The van der Waals surface area contributed by atoms with Crippen molar-refractivity contribution in [2.24, 2.45) is 5.92 Å². The van der Waals surface area contributed by atoms with Crippen molar-refractivity contribution in [1.29, 1.82) is 0 Å². The van der Waals surface area contributed by atoms with E-state index in [2.05, 4.69) is 23.8 Å². The third-order valence-electron chi connectivity index (χ3n) is 2.59. The molecule has 0 saturated heterocycles. The molecule has 0 aromatic carbocycles. The summed E-state index contributed by atoms with van der Waals surface area (Å²) in [5, 5.41) is 0.535. The van der Waals surface area contributed by atoms with Crippen LogP contribution < -0.4 is 5.73 Å². The molecule has 0 atom stereocenters. The minimum Gasteiger partial charge on any atom is -0.462 e. The number of nitrogens with two attached hydrogens (primary N) is 1. The van der Waals surface area contributed by atoms with Gasteiger partial charge in [-0.15, -0.1) is 0 Å². The zero-order chi connectivity index (χ0) is 15.7. The monoisotopic (exact) mass is 313 g/mol. The number of aromatic nitrogens is 2. The molecule has 0 unspecified atom stereocenters. The predicted octanol–water partition coefficient (Wildman–Crippen LogP) is 2.39. The van der Waals surface area contributed by atoms with Gasteiger partial charge in [0.25, 0.3) is 0 Å². The average molecular weight is 313 g/mol. The number of carbonyl (C=O) groups is 1. The van der Waals surface area contributed by atoms with E-state index in [4.69, 9.17) is 15.2 Å². The number of ether oxygens (including phenoxy) is 2. The lowest BCUT2D eigenvalue weighted by atomic mass is 10.1. The molecular formula is C14H23N3O3S. The van der Waals surface area contributed by atoms with Crippen LogP contribution in [0, 0.1) is 5.92 Å². The maximum Gasteiger partial charge on any atom is 0.343 e. The maximum absolute atomic E-state index is 11.6. The first-order valence-electron chi connectivity index (χ1n) is 7.04. The van der Waals surface area contributed by atoms with Crippen molar-refractivity contribution in [3.8, 4) is 0 Å². The first-order chi connectivity index (χ1) is 10.0. The molecule has 0 aliphatic rings. The first kappa shape index (κ1) is 17.7. The van der Waals surface area contributed by atoms with E-state index >= 15 is 0 Å². The van der Waals surface area contributed by atoms with Crippen molar-refractivity contribution in [3.63, 3.8) is 0 Å². The van der Waals surface area contributed by atoms with Gasteiger partial charge in [-0.2, -0.15) is 0 Å². The maximum atomic E-state index is 11.6. The Balaban J connectivity index is 2.37. The molecule has 118 valence electrons. The number of anilines is 1. The minimum absolute atomic E-state index is 0.145. The van der Waals surface area contributed by atoms with Crippen LogP contribution in [0.3, 0.4) is 0 Å². The standard InChI is InChI=1S/C14H23N3O3S/c1-4-20-13(18)11-9-16-14(17-12(11)15)21-8-7-19-6-5-10(2)3/h9-10H,4-8H2,1-3H3,(H2,15,16,17). The van der Waals surface area contributed by atoms with Gasteiger partial charge in [-0.25, -0.2) is 14.8 Å². The molecule has 0 aliphatic carbocycles. The van der Waals surface area contributed by atoms with Crippen LogP contribution in [0.25, 0.3) is 0 Å². The largest absolute Gasteiger partial charge is 0.462 e. The average Bonchev–Trinajstić information content (AvgIpc) is 2.42. The molecule has 0 bridgehead atoms. The summed E-state index contributed by atoms with van der Waals surface area (Å²) in [6.07, 6.45) is 2.46. The van der Waals surface area contributed by atoms with Crippen molar-refractivity contribution >= 4 is 23.5 Å². The summed E-state index contributed by atoms with van der Waals surface area (Å²) in [7, 11) is 0. The number of esters is 1. The number of hydrogen-bond acceptors (Lipinski definition) is 7. The van der Waals surface area contributed by atoms with E-state index in [1.54, 1.807) is 6.92 Å². The zero-order valence-electron chi connectivity index (χ0n) is 12.8. The molecule has 2 N–H and O–H groups in total. The Morgan fingerprint density at radius 3 is 2.81 bits per heavy atom. The molecule has 21 heavy (non-hydrogen) atoms. The van der Waals surface area contributed by atoms with E-state index in [1.165, 1.54) is 18.0 Å². The fourth-order valence-corrected chi connectivity index (χ4v) is 2.10. The fraction of sp³-hybridized carbons (Fsp3) is 0.643. The van der Waals surface area contributed by atoms with E-state index in [9.17, 15) is 4.79 Å². The number of rotatable bonds is 9. The van der Waals surface area contributed by atoms with Crippen molar-refractivity contribution in [2.75, 3.05) is 31.3 Å². The molecule has 0 saturated carbocycles. The second-order valence-electron chi connectivity index (χ2n) is 4.82. The SMILES string of the molecule is CCOC(=O)c1cnc(SCCOCCC(C)C)nc1N. The van der Waals surface area contributed by atoms with E-state index in [0.29, 0.717) is 24.3 Å². The van der Waals surface area contributed by atoms with Crippen molar-refractivity contribution < 1.29 is 14.3 Å². The van der Waals surface area contributed by atoms with Gasteiger partial charge in [0.15, 0.2) is 5.16 Å². The minimum atomic E-state index is -0.497. The van der Waals surface area contributed by atoms with Crippen LogP contribution in [-0.4, -0.2) is 41.5 Å². The molecule has 1 aromatic heterocycles. The number of nitrogen functional groups attached to an aromatic ring is 1. The van der Waals surface area contributed by atoms with Crippen LogP contribution in [-0.2, 0) is 9.47 Å². The molecule has 6 nitrogen and oxygen atoms in total. The molecule has 0 aliphatic heterocycles. The van der Waals surface area contributed by atoms with Crippen LogP contribution in [0.2, 0.25) is 0 Å². The molecule has 7 heteroatoms. The molecule has 0 spiro atoms. The molecule has 0 radical (unpaired) electrons. The fourth-order valence-electron chi connectivity index (χ4n) is 1.43. The van der Waals surface area contributed by atoms with Crippen molar-refractivity contribution in [2.45, 2.75) is 32.3 Å². The lowest BCUT2D eigenvalue weighted by Crippen LogP contribution is -2.11. The number of hydrogen-bond donors (Lipinski definition) is 1. The summed E-state index contributed by atoms with van der Waals surface area (Å²) in [5.41, 5.74) is 5.94. The van der Waals surface area contributed by atoms with Crippen LogP contribution >= 0.6 is 11.8 Å². The van der Waals surface area contributed by atoms with Crippen LogP contribution in [0.1, 0.15) is 37.6 Å². The van der Waals surface area contributed by atoms with Crippen molar-refractivity contribution in [3.05, 3.63) is 11.8 Å². The Hall–Kier alpha value is -1.34. The van der Waals surface area contributed by atoms with Gasteiger partial charge in [-0.05, 0) is 19.3 Å². The van der Waals surface area contributed by atoms with Gasteiger partial charge in [-0.3, -0.25) is 0 Å². The third-order valence-corrected chi connectivity index (χ3v) is 3.42. The van der Waals surface area contributed by atoms with E-state index in [0.717, 1.165) is 18.8 Å². The predicted molar refractivity (Wildman–Crippen MR) is 83.4 cm³/mol. The van der Waals surface area contributed by atoms with E-state index < -0.39 is 5.97 Å². The highest BCUT2D eigenvalue weighted by molar-refractivity contribution is 7.99. The lowest BCUT2D eigenvalue weighted by Gasteiger charge is -2.07. The topological polar surface area (TPSA) is 87.3 Å². The zero-order valence-corrected chi connectivity index (χ0v) is 13.6. The van der Waals surface area contributed by atoms with Gasteiger partial charge in [0.05, 0.1) is 13.2 Å². The molecule has 1 heterocycles. The molecule has 1 aromatic rings. The highest BCUT2D eigenvalue weighted by atomic mass is 32.2. The summed E-state index contributed by atoms with van der Waals surface area (Å²) in [4.78, 5) is 19.8. The first-order valence-corrected chi connectivity index (χ1v) is 8.03. The normalized spacial score (nSPS) is 10.9. The van der Waals surface area contributed by atoms with Gasteiger partial charge >= 0.3 is 5.97 Å². The van der Waals surface area contributed by atoms with Crippen LogP contribution in [0.4, 0.5) is 5.82 Å². The molecule has 0 fully saturated rings. The van der Waals surface area contributed by atoms with Gasteiger partial charge in [0, 0.05) is 18.6 Å². The smallest absolute Gasteiger partial charge is 0.343 e. The quantitative estimate of drug-likeness (QED) is 0.324. The Bertz CT molecular complexity index is 455. The Labute approximate surface area is 129 Å². The van der Waals surface area contributed by atoms with Crippen molar-refractivity contribution in [1.82, 2.24) is 9.97 Å². The number of thioether (sulfide) groups is 1. The number of nitrogens with zero attached hydrogens (tertiary/aromatic N) is 2. The highest BCUT2D eigenvalue weighted by Gasteiger charge is 2.13. The second-order valence-corrected chi connectivity index (χ2v) is 5.88. The summed E-state index contributed by atoms with van der Waals surface area (Å²) < 4.78 is 10.4. The summed E-state index contributed by atoms with van der Waals surface area (Å²) >= 11 is 1.45. The summed E-state index contributed by atoms with van der Waals surface area (Å²) in [6.45, 7) is 7.77. The third kappa shape index (κ3) is 6.77. The summed E-state index contributed by atoms with van der Waals surface area (Å²) in [5.74, 6) is 1.04. The molecule has 0 amide bonds. The molecule has 1 rings (SSSR count). The Morgan fingerprint density at radius 1 is 1.43 bits per heavy atom. The lowest BCUT2D eigenvalue weighted by molar-refractivity contribution is 0.0526. The van der Waals surface area contributed by atoms with Gasteiger partial charge in [0.2, 0.25) is 0 Å². The Kier molecular flexibility index (Phi) is 8.07. The van der Waals surface area contributed by atoms with E-state index in [1.807, 2.05) is 0 Å². The molecular weight excluding hydrogens is 290 g/mol. The summed E-state index contributed by atoms with van der Waals surface area (Å²) in [6, 6.07) is 0. The van der Waals surface area contributed by atoms with Gasteiger partial charge in [0.1, 0.15) is 11.4 Å². The Morgan fingerprint density at radius 2 is 2.19 bits per heavy atom. The van der Waals surface area contributed by atoms with Gasteiger partial charge in [-0.1, -0.05) is 25.6 Å². The highest BCUT2D eigenvalue weighted by Crippen LogP contribution is 2.17. The van der Waals surface area contributed by atoms with E-state index in [-0.39, 0.29) is 11.4 Å². The van der Waals surface area contributed by atoms with Crippen LogP contribution in [0.15, 0.2) is 11.4 Å². The van der Waals surface area contributed by atoms with Gasteiger partial charge < -0.3 is 15.2 Å². The van der Waals surface area contributed by atoms with Crippen LogP contribution in [0.5, 0.6) is 0 Å². The second kappa shape index (κ2) is 9.57.